The van der Waals surface area contributed by atoms with Crippen LogP contribution in [0.25, 0.3) is 0 Å². The Morgan fingerprint density at radius 2 is 2.18 bits per heavy atom. The maximum absolute atomic E-state index is 11.8. The van der Waals surface area contributed by atoms with Gasteiger partial charge in [-0.2, -0.15) is 0 Å². The van der Waals surface area contributed by atoms with E-state index >= 15 is 0 Å². The van der Waals surface area contributed by atoms with Crippen LogP contribution in [0, 0.1) is 5.92 Å². The predicted octanol–water partition coefficient (Wildman–Crippen LogP) is 3.53. The summed E-state index contributed by atoms with van der Waals surface area (Å²) >= 11 is 0. The first-order chi connectivity index (χ1) is 10.5. The minimum atomic E-state index is -0.935. The molecule has 0 heterocycles. The molecule has 0 aliphatic heterocycles. The number of nitrogens with one attached hydrogen (secondary N) is 1. The number of carboxylic acids is 1. The van der Waals surface area contributed by atoms with Crippen LogP contribution < -0.4 is 5.32 Å². The minimum absolute atomic E-state index is 0.275. The number of hydrogen-bond acceptors (Lipinski definition) is 3. The van der Waals surface area contributed by atoms with Crippen LogP contribution in [0.1, 0.15) is 60.7 Å². The highest BCUT2D eigenvalue weighted by Gasteiger charge is 2.26. The molecule has 0 saturated carbocycles. The minimum Gasteiger partial charge on any atom is -0.478 e. The third-order valence-corrected chi connectivity index (χ3v) is 3.89. The number of carboxylic acid groups (broad SMARTS) is 1. The highest BCUT2D eigenvalue weighted by molar-refractivity contribution is 5.88. The monoisotopic (exact) mass is 305 g/mol. The van der Waals surface area contributed by atoms with Gasteiger partial charge in [0.05, 0.1) is 5.56 Å². The molecular weight excluding hydrogens is 282 g/mol. The molecule has 0 bridgehead atoms. The van der Waals surface area contributed by atoms with E-state index in [-0.39, 0.29) is 11.7 Å². The quantitative estimate of drug-likeness (QED) is 0.788. The van der Waals surface area contributed by atoms with Gasteiger partial charge in [0.1, 0.15) is 6.10 Å². The number of ether oxygens (including phenoxy) is 1. The van der Waals surface area contributed by atoms with E-state index in [1.54, 1.807) is 18.2 Å². The van der Waals surface area contributed by atoms with Crippen LogP contribution in [-0.4, -0.2) is 23.7 Å². The third-order valence-electron chi connectivity index (χ3n) is 3.89. The molecule has 5 heteroatoms. The summed E-state index contributed by atoms with van der Waals surface area (Å²) in [6, 6.07) is 4.98. The largest absolute Gasteiger partial charge is 0.478 e. The highest BCUT2D eigenvalue weighted by atomic mass is 16.6. The standard InChI is InChI=1S/C17H23NO4/c1-11(2)4-3-9-18-17(21)22-15-8-6-12-10-13(16(19)20)5-7-14(12)15/h5,7,10-11,15H,3-4,6,8-9H2,1-2H3,(H,18,21)(H,19,20). The number of benzene rings is 1. The Labute approximate surface area is 130 Å². The van der Waals surface area contributed by atoms with Gasteiger partial charge in [-0.1, -0.05) is 19.9 Å². The molecule has 1 unspecified atom stereocenters. The van der Waals surface area contributed by atoms with E-state index in [2.05, 4.69) is 19.2 Å². The molecule has 120 valence electrons. The molecule has 5 nitrogen and oxygen atoms in total. The first-order valence-electron chi connectivity index (χ1n) is 7.78. The molecule has 0 fully saturated rings. The summed E-state index contributed by atoms with van der Waals surface area (Å²) in [4.78, 5) is 22.8. The molecule has 0 radical (unpaired) electrons. The van der Waals surface area contributed by atoms with E-state index in [4.69, 9.17) is 9.84 Å². The number of carbonyl (C=O) groups excluding carboxylic acids is 1. The van der Waals surface area contributed by atoms with Gasteiger partial charge in [-0.3, -0.25) is 0 Å². The van der Waals surface area contributed by atoms with Crippen molar-refractivity contribution in [1.29, 1.82) is 0 Å². The van der Waals surface area contributed by atoms with Crippen molar-refractivity contribution in [2.75, 3.05) is 6.54 Å². The Morgan fingerprint density at radius 3 is 2.86 bits per heavy atom. The zero-order valence-corrected chi connectivity index (χ0v) is 13.1. The summed E-state index contributed by atoms with van der Waals surface area (Å²) in [5.74, 6) is -0.307. The van der Waals surface area contributed by atoms with E-state index in [1.807, 2.05) is 0 Å². The lowest BCUT2D eigenvalue weighted by Crippen LogP contribution is -2.26. The van der Waals surface area contributed by atoms with E-state index in [1.165, 1.54) is 0 Å². The van der Waals surface area contributed by atoms with Crippen LogP contribution in [0.2, 0.25) is 0 Å². The van der Waals surface area contributed by atoms with Crippen LogP contribution in [0.3, 0.4) is 0 Å². The molecule has 1 aromatic carbocycles. The van der Waals surface area contributed by atoms with Gasteiger partial charge in [0.2, 0.25) is 0 Å². The smallest absolute Gasteiger partial charge is 0.407 e. The van der Waals surface area contributed by atoms with Crippen molar-refractivity contribution in [3.8, 4) is 0 Å². The molecule has 0 aromatic heterocycles. The number of aromatic carboxylic acids is 1. The number of rotatable bonds is 6. The number of hydrogen-bond donors (Lipinski definition) is 2. The maximum Gasteiger partial charge on any atom is 0.407 e. The molecule has 1 aromatic rings. The van der Waals surface area contributed by atoms with Crippen LogP contribution in [0.4, 0.5) is 4.79 Å². The van der Waals surface area contributed by atoms with Crippen molar-refractivity contribution in [2.24, 2.45) is 5.92 Å². The Balaban J connectivity index is 1.86. The predicted molar refractivity (Wildman–Crippen MR) is 83.0 cm³/mol. The number of alkyl carbamates (subject to hydrolysis) is 1. The summed E-state index contributed by atoms with van der Waals surface area (Å²) in [5, 5.41) is 11.8. The second-order valence-electron chi connectivity index (χ2n) is 6.11. The first kappa shape index (κ1) is 16.3. The SMILES string of the molecule is CC(C)CCCNC(=O)OC1CCc2cc(C(=O)O)ccc21. The molecular formula is C17H23NO4. The fourth-order valence-electron chi connectivity index (χ4n) is 2.71. The Bertz CT molecular complexity index is 554. The number of aryl methyl sites for hydroxylation is 1. The second-order valence-corrected chi connectivity index (χ2v) is 6.11. The summed E-state index contributed by atoms with van der Waals surface area (Å²) in [7, 11) is 0. The first-order valence-corrected chi connectivity index (χ1v) is 7.78. The van der Waals surface area contributed by atoms with Crippen molar-refractivity contribution < 1.29 is 19.4 Å². The van der Waals surface area contributed by atoms with Gasteiger partial charge in [0, 0.05) is 6.54 Å². The average Bonchev–Trinajstić information content (AvgIpc) is 2.85. The van der Waals surface area contributed by atoms with Gasteiger partial charge in [-0.05, 0) is 54.9 Å². The number of fused-ring (bicyclic) bond motifs is 1. The zero-order chi connectivity index (χ0) is 16.1. The maximum atomic E-state index is 11.8. The topological polar surface area (TPSA) is 75.6 Å². The van der Waals surface area contributed by atoms with Gasteiger partial charge < -0.3 is 15.2 Å². The lowest BCUT2D eigenvalue weighted by atomic mass is 10.1. The third kappa shape index (κ3) is 4.23. The number of carbonyl (C=O) groups is 2. The molecule has 1 aliphatic rings. The molecule has 22 heavy (non-hydrogen) atoms. The van der Waals surface area contributed by atoms with Crippen molar-refractivity contribution >= 4 is 12.1 Å². The van der Waals surface area contributed by atoms with Crippen LogP contribution in [0.5, 0.6) is 0 Å². The van der Waals surface area contributed by atoms with Crippen molar-refractivity contribution in [1.82, 2.24) is 5.32 Å². The van der Waals surface area contributed by atoms with Crippen molar-refractivity contribution in [3.63, 3.8) is 0 Å². The molecule has 1 atom stereocenters. The molecule has 1 aliphatic carbocycles. The lowest BCUT2D eigenvalue weighted by molar-refractivity contribution is 0.0696. The molecule has 1 amide bonds. The highest BCUT2D eigenvalue weighted by Crippen LogP contribution is 2.34. The van der Waals surface area contributed by atoms with Crippen LogP contribution in [-0.2, 0) is 11.2 Å². The fraction of sp³-hybridized carbons (Fsp3) is 0.529. The summed E-state index contributed by atoms with van der Waals surface area (Å²) in [6.45, 7) is 4.92. The Morgan fingerprint density at radius 1 is 1.41 bits per heavy atom. The Kier molecular flexibility index (Phi) is 5.41. The van der Waals surface area contributed by atoms with Crippen molar-refractivity contribution in [3.05, 3.63) is 34.9 Å². The summed E-state index contributed by atoms with van der Waals surface area (Å²) < 4.78 is 5.45. The average molecular weight is 305 g/mol. The van der Waals surface area contributed by atoms with Gasteiger partial charge in [-0.15, -0.1) is 0 Å². The van der Waals surface area contributed by atoms with E-state index in [0.29, 0.717) is 18.9 Å². The van der Waals surface area contributed by atoms with E-state index < -0.39 is 12.1 Å². The lowest BCUT2D eigenvalue weighted by Gasteiger charge is -2.14. The Hall–Kier alpha value is -2.04. The molecule has 0 saturated heterocycles. The van der Waals surface area contributed by atoms with Gasteiger partial charge in [-0.25, -0.2) is 9.59 Å². The fourth-order valence-corrected chi connectivity index (χ4v) is 2.71. The summed E-state index contributed by atoms with van der Waals surface area (Å²) in [6.07, 6.45) is 2.78. The van der Waals surface area contributed by atoms with Crippen LogP contribution in [0.15, 0.2) is 18.2 Å². The van der Waals surface area contributed by atoms with Crippen molar-refractivity contribution in [2.45, 2.75) is 45.6 Å². The summed E-state index contributed by atoms with van der Waals surface area (Å²) in [5.41, 5.74) is 2.15. The molecule has 2 N–H and O–H groups in total. The van der Waals surface area contributed by atoms with Crippen LogP contribution >= 0.6 is 0 Å². The van der Waals surface area contributed by atoms with Gasteiger partial charge in [0.25, 0.3) is 0 Å². The second kappa shape index (κ2) is 7.29. The normalized spacial score (nSPS) is 16.4. The van der Waals surface area contributed by atoms with Gasteiger partial charge >= 0.3 is 12.1 Å². The van der Waals surface area contributed by atoms with E-state index in [9.17, 15) is 9.59 Å². The number of amides is 1. The zero-order valence-electron chi connectivity index (χ0n) is 13.1. The molecule has 0 spiro atoms. The molecule has 2 rings (SSSR count). The van der Waals surface area contributed by atoms with E-state index in [0.717, 1.165) is 30.4 Å². The van der Waals surface area contributed by atoms with Gasteiger partial charge in [0.15, 0.2) is 0 Å².